The number of hydrogen-bond donors (Lipinski definition) is 3. The summed E-state index contributed by atoms with van der Waals surface area (Å²) in [7, 11) is -2.21. The van der Waals surface area contributed by atoms with Crippen molar-refractivity contribution in [2.24, 2.45) is 0 Å². The number of hydrogen-bond acceptors (Lipinski definition) is 5. The standard InChI is InChI=1S/C23H23N3O5S/c1-31-20-12-10-17(11-13-20)22(27)24-14-15-25-23(28)18-6-5-7-19(16-18)26-32(29,30)21-8-3-2-4-9-21/h2-13,16,26H,14-15H2,1H3,(H,24,27)(H,25,28). The van der Waals surface area contributed by atoms with Crippen LogP contribution in [-0.4, -0.2) is 40.4 Å². The number of nitrogens with one attached hydrogen (secondary N) is 3. The van der Waals surface area contributed by atoms with Crippen LogP contribution in [0, 0.1) is 0 Å². The van der Waals surface area contributed by atoms with E-state index in [4.69, 9.17) is 4.74 Å². The van der Waals surface area contributed by atoms with Gasteiger partial charge in [0.2, 0.25) is 0 Å². The summed E-state index contributed by atoms with van der Waals surface area (Å²) in [5.74, 6) is 0.00535. The number of methoxy groups -OCH3 is 1. The minimum absolute atomic E-state index is 0.127. The van der Waals surface area contributed by atoms with Gasteiger partial charge in [0.05, 0.1) is 12.0 Å². The Labute approximate surface area is 186 Å². The van der Waals surface area contributed by atoms with Crippen LogP contribution in [0.25, 0.3) is 0 Å². The highest BCUT2D eigenvalue weighted by Gasteiger charge is 2.14. The zero-order valence-corrected chi connectivity index (χ0v) is 18.2. The van der Waals surface area contributed by atoms with E-state index >= 15 is 0 Å². The maximum Gasteiger partial charge on any atom is 0.261 e. The first-order valence-corrected chi connectivity index (χ1v) is 11.3. The van der Waals surface area contributed by atoms with Crippen LogP contribution >= 0.6 is 0 Å². The van der Waals surface area contributed by atoms with Crippen LogP contribution in [0.15, 0.2) is 83.8 Å². The summed E-state index contributed by atoms with van der Waals surface area (Å²) in [6, 6.07) is 20.8. The van der Waals surface area contributed by atoms with Gasteiger partial charge in [0.15, 0.2) is 0 Å². The molecular weight excluding hydrogens is 430 g/mol. The lowest BCUT2D eigenvalue weighted by Crippen LogP contribution is -2.34. The number of benzene rings is 3. The highest BCUT2D eigenvalue weighted by Crippen LogP contribution is 2.17. The molecule has 0 saturated heterocycles. The SMILES string of the molecule is COc1ccc(C(=O)NCCNC(=O)c2cccc(NS(=O)(=O)c3ccccc3)c2)cc1. The molecule has 0 bridgehead atoms. The molecule has 0 aliphatic rings. The first-order chi connectivity index (χ1) is 15.4. The fourth-order valence-electron chi connectivity index (χ4n) is 2.84. The molecule has 0 spiro atoms. The Bertz CT molecular complexity index is 1180. The molecule has 0 aliphatic carbocycles. The quantitative estimate of drug-likeness (QED) is 0.431. The van der Waals surface area contributed by atoms with Crippen molar-refractivity contribution in [1.82, 2.24) is 10.6 Å². The summed E-state index contributed by atoms with van der Waals surface area (Å²) in [6.45, 7) is 0.442. The van der Waals surface area contributed by atoms with Crippen LogP contribution in [0.1, 0.15) is 20.7 Å². The monoisotopic (exact) mass is 453 g/mol. The third kappa shape index (κ3) is 6.08. The van der Waals surface area contributed by atoms with Gasteiger partial charge in [0.25, 0.3) is 21.8 Å². The molecule has 0 fully saturated rings. The van der Waals surface area contributed by atoms with Gasteiger partial charge in [-0.25, -0.2) is 8.42 Å². The Hall–Kier alpha value is -3.85. The molecule has 3 N–H and O–H groups in total. The topological polar surface area (TPSA) is 114 Å². The second kappa shape index (κ2) is 10.5. The van der Waals surface area contributed by atoms with E-state index < -0.39 is 10.0 Å². The lowest BCUT2D eigenvalue weighted by Gasteiger charge is -2.10. The van der Waals surface area contributed by atoms with Crippen molar-refractivity contribution in [3.05, 3.63) is 90.0 Å². The zero-order chi connectivity index (χ0) is 23.0. The van der Waals surface area contributed by atoms with Crippen LogP contribution in [0.5, 0.6) is 5.75 Å². The Morgan fingerprint density at radius 2 is 1.41 bits per heavy atom. The third-order valence-electron chi connectivity index (χ3n) is 4.48. The van der Waals surface area contributed by atoms with E-state index in [1.165, 1.54) is 18.2 Å². The van der Waals surface area contributed by atoms with Gasteiger partial charge in [0, 0.05) is 29.9 Å². The molecule has 0 atom stereocenters. The Morgan fingerprint density at radius 1 is 0.781 bits per heavy atom. The van der Waals surface area contributed by atoms with Crippen molar-refractivity contribution in [3.63, 3.8) is 0 Å². The van der Waals surface area contributed by atoms with E-state index in [2.05, 4.69) is 15.4 Å². The molecule has 9 heteroatoms. The van der Waals surface area contributed by atoms with Crippen LogP contribution in [0.3, 0.4) is 0 Å². The molecule has 3 aromatic carbocycles. The molecule has 0 aromatic heterocycles. The Balaban J connectivity index is 1.51. The van der Waals surface area contributed by atoms with Crippen molar-refractivity contribution in [2.75, 3.05) is 24.9 Å². The van der Waals surface area contributed by atoms with Crippen molar-refractivity contribution >= 4 is 27.5 Å². The molecule has 3 rings (SSSR count). The zero-order valence-electron chi connectivity index (χ0n) is 17.4. The van der Waals surface area contributed by atoms with Crippen molar-refractivity contribution in [1.29, 1.82) is 0 Å². The van der Waals surface area contributed by atoms with E-state index in [-0.39, 0.29) is 35.5 Å². The fourth-order valence-corrected chi connectivity index (χ4v) is 3.91. The van der Waals surface area contributed by atoms with E-state index in [1.807, 2.05) is 0 Å². The van der Waals surface area contributed by atoms with Crippen LogP contribution < -0.4 is 20.1 Å². The molecule has 166 valence electrons. The smallest absolute Gasteiger partial charge is 0.261 e. The average molecular weight is 454 g/mol. The molecule has 3 aromatic rings. The van der Waals surface area contributed by atoms with E-state index in [1.54, 1.807) is 67.8 Å². The maximum atomic E-state index is 12.5. The molecule has 0 saturated carbocycles. The number of rotatable bonds is 9. The fraction of sp³-hybridized carbons (Fsp3) is 0.130. The third-order valence-corrected chi connectivity index (χ3v) is 5.88. The van der Waals surface area contributed by atoms with Gasteiger partial charge in [-0.3, -0.25) is 14.3 Å². The molecule has 0 aliphatic heterocycles. The molecule has 0 radical (unpaired) electrons. The second-order valence-corrected chi connectivity index (χ2v) is 8.42. The second-order valence-electron chi connectivity index (χ2n) is 6.74. The summed E-state index contributed by atoms with van der Waals surface area (Å²) in [5.41, 5.74) is 1.05. The number of anilines is 1. The first-order valence-electron chi connectivity index (χ1n) is 9.77. The van der Waals surface area contributed by atoms with Gasteiger partial charge in [-0.15, -0.1) is 0 Å². The van der Waals surface area contributed by atoms with Gasteiger partial charge in [0.1, 0.15) is 5.75 Å². The van der Waals surface area contributed by atoms with E-state index in [0.29, 0.717) is 16.9 Å². The number of ether oxygens (including phenoxy) is 1. The van der Waals surface area contributed by atoms with Crippen molar-refractivity contribution in [2.45, 2.75) is 4.90 Å². The Morgan fingerprint density at radius 3 is 2.03 bits per heavy atom. The molecule has 0 heterocycles. The minimum atomic E-state index is -3.75. The van der Waals surface area contributed by atoms with E-state index in [9.17, 15) is 18.0 Å². The summed E-state index contributed by atoms with van der Waals surface area (Å²) in [4.78, 5) is 24.7. The average Bonchev–Trinajstić information content (AvgIpc) is 2.82. The lowest BCUT2D eigenvalue weighted by atomic mass is 10.2. The van der Waals surface area contributed by atoms with Gasteiger partial charge >= 0.3 is 0 Å². The largest absolute Gasteiger partial charge is 0.497 e. The van der Waals surface area contributed by atoms with Crippen molar-refractivity contribution < 1.29 is 22.7 Å². The highest BCUT2D eigenvalue weighted by molar-refractivity contribution is 7.92. The summed E-state index contributed by atoms with van der Waals surface area (Å²) < 4.78 is 32.4. The number of carbonyl (C=O) groups excluding carboxylic acids is 2. The molecule has 2 amide bonds. The number of sulfonamides is 1. The van der Waals surface area contributed by atoms with Crippen LogP contribution in [-0.2, 0) is 10.0 Å². The number of carbonyl (C=O) groups is 2. The molecule has 8 nitrogen and oxygen atoms in total. The van der Waals surface area contributed by atoms with Gasteiger partial charge in [-0.1, -0.05) is 24.3 Å². The predicted molar refractivity (Wildman–Crippen MR) is 121 cm³/mol. The maximum absolute atomic E-state index is 12.5. The highest BCUT2D eigenvalue weighted by atomic mass is 32.2. The van der Waals surface area contributed by atoms with Gasteiger partial charge in [-0.05, 0) is 54.6 Å². The molecule has 32 heavy (non-hydrogen) atoms. The predicted octanol–water partition coefficient (Wildman–Crippen LogP) is 2.66. The van der Waals surface area contributed by atoms with Crippen molar-refractivity contribution in [3.8, 4) is 5.75 Å². The Kier molecular flexibility index (Phi) is 7.45. The summed E-state index contributed by atoms with van der Waals surface area (Å²) in [5, 5.41) is 5.41. The first kappa shape index (κ1) is 22.8. The summed E-state index contributed by atoms with van der Waals surface area (Å²) >= 11 is 0. The van der Waals surface area contributed by atoms with E-state index in [0.717, 1.165) is 0 Å². The normalized spacial score (nSPS) is 10.8. The summed E-state index contributed by atoms with van der Waals surface area (Å²) in [6.07, 6.45) is 0. The van der Waals surface area contributed by atoms with Gasteiger partial charge < -0.3 is 15.4 Å². The van der Waals surface area contributed by atoms with Gasteiger partial charge in [-0.2, -0.15) is 0 Å². The lowest BCUT2D eigenvalue weighted by molar-refractivity contribution is 0.0927. The molecular formula is C23H23N3O5S. The van der Waals surface area contributed by atoms with Crippen LogP contribution in [0.4, 0.5) is 5.69 Å². The molecule has 0 unspecified atom stereocenters. The minimum Gasteiger partial charge on any atom is -0.497 e. The number of amides is 2. The van der Waals surface area contributed by atoms with Crippen LogP contribution in [0.2, 0.25) is 0 Å².